The highest BCUT2D eigenvalue weighted by Crippen LogP contribution is 2.26. The van der Waals surface area contributed by atoms with Crippen molar-refractivity contribution >= 4 is 17.5 Å². The average Bonchev–Trinajstić information content (AvgIpc) is 2.37. The number of hydrogen-bond donors (Lipinski definition) is 2. The van der Waals surface area contributed by atoms with Gasteiger partial charge in [0.15, 0.2) is 0 Å². The smallest absolute Gasteiger partial charge is 0.246 e. The number of carbonyl (C=O) groups is 2. The van der Waals surface area contributed by atoms with Gasteiger partial charge in [0, 0.05) is 12.6 Å². The summed E-state index contributed by atoms with van der Waals surface area (Å²) in [5, 5.41) is 5.45. The Morgan fingerprint density at radius 1 is 1.21 bits per heavy atom. The van der Waals surface area contributed by atoms with Gasteiger partial charge in [0.1, 0.15) is 6.04 Å². The van der Waals surface area contributed by atoms with Crippen LogP contribution >= 0.6 is 0 Å². The van der Waals surface area contributed by atoms with E-state index in [1.54, 1.807) is 6.92 Å². The summed E-state index contributed by atoms with van der Waals surface area (Å²) < 4.78 is 0. The standard InChI is InChI=1S/C15H22N2O2/c1-5-10(2)13-8-6-7-9-14(13)17-15(19)11(3)16-12(4)18/h6-11H,5H2,1-4H3,(H,16,18)(H,17,19)/t10-,11+/m0/s1. The number of nitrogens with one attached hydrogen (secondary N) is 2. The molecule has 0 bridgehead atoms. The molecular formula is C15H22N2O2. The molecule has 104 valence electrons. The fraction of sp³-hybridized carbons (Fsp3) is 0.467. The molecule has 0 heterocycles. The predicted molar refractivity (Wildman–Crippen MR) is 77.1 cm³/mol. The Kier molecular flexibility index (Phi) is 5.55. The van der Waals surface area contributed by atoms with Crippen LogP contribution in [0.15, 0.2) is 24.3 Å². The molecule has 0 radical (unpaired) electrons. The van der Waals surface area contributed by atoms with E-state index in [1.807, 2.05) is 24.3 Å². The van der Waals surface area contributed by atoms with E-state index in [2.05, 4.69) is 24.5 Å². The predicted octanol–water partition coefficient (Wildman–Crippen LogP) is 2.66. The zero-order valence-electron chi connectivity index (χ0n) is 12.0. The van der Waals surface area contributed by atoms with Crippen molar-refractivity contribution in [1.82, 2.24) is 5.32 Å². The number of amides is 2. The summed E-state index contributed by atoms with van der Waals surface area (Å²) in [6.45, 7) is 7.31. The number of anilines is 1. The van der Waals surface area contributed by atoms with Gasteiger partial charge in [-0.25, -0.2) is 0 Å². The second-order valence-corrected chi connectivity index (χ2v) is 4.81. The fourth-order valence-electron chi connectivity index (χ4n) is 1.87. The van der Waals surface area contributed by atoms with Crippen molar-refractivity contribution in [3.63, 3.8) is 0 Å². The van der Waals surface area contributed by atoms with Gasteiger partial charge in [-0.15, -0.1) is 0 Å². The van der Waals surface area contributed by atoms with Gasteiger partial charge in [0.05, 0.1) is 0 Å². The van der Waals surface area contributed by atoms with E-state index in [4.69, 9.17) is 0 Å². The maximum absolute atomic E-state index is 12.0. The third kappa shape index (κ3) is 4.39. The highest BCUT2D eigenvalue weighted by atomic mass is 16.2. The minimum absolute atomic E-state index is 0.203. The van der Waals surface area contributed by atoms with Crippen molar-refractivity contribution in [2.24, 2.45) is 0 Å². The monoisotopic (exact) mass is 262 g/mol. The van der Waals surface area contributed by atoms with Crippen LogP contribution in [0.25, 0.3) is 0 Å². The topological polar surface area (TPSA) is 58.2 Å². The maximum atomic E-state index is 12.0. The van der Waals surface area contributed by atoms with E-state index in [0.29, 0.717) is 5.92 Å². The minimum Gasteiger partial charge on any atom is -0.345 e. The van der Waals surface area contributed by atoms with Crippen molar-refractivity contribution in [2.75, 3.05) is 5.32 Å². The van der Waals surface area contributed by atoms with Crippen LogP contribution in [0, 0.1) is 0 Å². The van der Waals surface area contributed by atoms with E-state index < -0.39 is 6.04 Å². The van der Waals surface area contributed by atoms with Gasteiger partial charge in [-0.2, -0.15) is 0 Å². The van der Waals surface area contributed by atoms with Crippen LogP contribution < -0.4 is 10.6 Å². The van der Waals surface area contributed by atoms with Crippen LogP contribution in [0.2, 0.25) is 0 Å². The third-order valence-electron chi connectivity index (χ3n) is 3.18. The van der Waals surface area contributed by atoms with Crippen LogP contribution in [-0.2, 0) is 9.59 Å². The first kappa shape index (κ1) is 15.2. The molecule has 4 heteroatoms. The molecule has 2 amide bonds. The molecule has 2 N–H and O–H groups in total. The Labute approximate surface area is 114 Å². The summed E-state index contributed by atoms with van der Waals surface area (Å²) in [6, 6.07) is 7.23. The molecule has 19 heavy (non-hydrogen) atoms. The van der Waals surface area contributed by atoms with Crippen LogP contribution in [0.4, 0.5) is 5.69 Å². The van der Waals surface area contributed by atoms with Gasteiger partial charge >= 0.3 is 0 Å². The zero-order chi connectivity index (χ0) is 14.4. The molecule has 0 unspecified atom stereocenters. The van der Waals surface area contributed by atoms with Crippen LogP contribution in [0.1, 0.15) is 45.6 Å². The molecule has 4 nitrogen and oxygen atoms in total. The van der Waals surface area contributed by atoms with Gasteiger partial charge < -0.3 is 10.6 Å². The summed E-state index contributed by atoms with van der Waals surface area (Å²) in [6.07, 6.45) is 1.01. The highest BCUT2D eigenvalue weighted by molar-refractivity contribution is 5.97. The Morgan fingerprint density at radius 3 is 2.42 bits per heavy atom. The van der Waals surface area contributed by atoms with E-state index in [1.165, 1.54) is 6.92 Å². The molecular weight excluding hydrogens is 240 g/mol. The highest BCUT2D eigenvalue weighted by Gasteiger charge is 2.16. The molecule has 0 fully saturated rings. The fourth-order valence-corrected chi connectivity index (χ4v) is 1.87. The maximum Gasteiger partial charge on any atom is 0.246 e. The number of rotatable bonds is 5. The summed E-state index contributed by atoms with van der Waals surface area (Å²) >= 11 is 0. The van der Waals surface area contributed by atoms with E-state index >= 15 is 0 Å². The summed E-state index contributed by atoms with van der Waals surface area (Å²) in [5.74, 6) is -0.0311. The quantitative estimate of drug-likeness (QED) is 0.857. The zero-order valence-corrected chi connectivity index (χ0v) is 12.0. The molecule has 0 saturated carbocycles. The van der Waals surface area contributed by atoms with Gasteiger partial charge in [-0.05, 0) is 30.9 Å². The van der Waals surface area contributed by atoms with E-state index in [-0.39, 0.29) is 11.8 Å². The molecule has 0 saturated heterocycles. The second kappa shape index (κ2) is 6.92. The Morgan fingerprint density at radius 2 is 1.84 bits per heavy atom. The minimum atomic E-state index is -0.539. The van der Waals surface area contributed by atoms with Crippen molar-refractivity contribution in [2.45, 2.75) is 46.1 Å². The van der Waals surface area contributed by atoms with Gasteiger partial charge in [-0.3, -0.25) is 9.59 Å². The lowest BCUT2D eigenvalue weighted by Gasteiger charge is -2.18. The molecule has 0 aliphatic rings. The molecule has 1 aromatic rings. The molecule has 0 spiro atoms. The first-order valence-corrected chi connectivity index (χ1v) is 6.62. The number of benzene rings is 1. The largest absolute Gasteiger partial charge is 0.345 e. The van der Waals surface area contributed by atoms with E-state index in [9.17, 15) is 9.59 Å². The summed E-state index contributed by atoms with van der Waals surface area (Å²) in [4.78, 5) is 22.9. The van der Waals surface area contributed by atoms with Crippen LogP contribution in [-0.4, -0.2) is 17.9 Å². The lowest BCUT2D eigenvalue weighted by molar-refractivity contribution is -0.124. The summed E-state index contributed by atoms with van der Waals surface area (Å²) in [7, 11) is 0. The Hall–Kier alpha value is -1.84. The molecule has 0 aliphatic carbocycles. The second-order valence-electron chi connectivity index (χ2n) is 4.81. The average molecular weight is 262 g/mol. The van der Waals surface area contributed by atoms with Crippen molar-refractivity contribution in [3.05, 3.63) is 29.8 Å². The lowest BCUT2D eigenvalue weighted by Crippen LogP contribution is -2.40. The molecule has 2 atom stereocenters. The first-order valence-electron chi connectivity index (χ1n) is 6.62. The van der Waals surface area contributed by atoms with Gasteiger partial charge in [-0.1, -0.05) is 32.0 Å². The lowest BCUT2D eigenvalue weighted by atomic mass is 9.97. The third-order valence-corrected chi connectivity index (χ3v) is 3.18. The SMILES string of the molecule is CC[C@H](C)c1ccccc1NC(=O)[C@@H](C)NC(C)=O. The number of carbonyl (C=O) groups excluding carboxylic acids is 2. The van der Waals surface area contributed by atoms with Gasteiger partial charge in [0.25, 0.3) is 0 Å². The Bertz CT molecular complexity index is 457. The number of para-hydroxylation sites is 1. The van der Waals surface area contributed by atoms with Crippen molar-refractivity contribution < 1.29 is 9.59 Å². The normalized spacial score (nSPS) is 13.5. The summed E-state index contributed by atoms with van der Waals surface area (Å²) in [5.41, 5.74) is 1.94. The molecule has 1 rings (SSSR count). The van der Waals surface area contributed by atoms with Crippen molar-refractivity contribution in [1.29, 1.82) is 0 Å². The number of hydrogen-bond acceptors (Lipinski definition) is 2. The van der Waals surface area contributed by atoms with Crippen LogP contribution in [0.3, 0.4) is 0 Å². The molecule has 0 aromatic heterocycles. The Balaban J connectivity index is 2.82. The van der Waals surface area contributed by atoms with Crippen LogP contribution in [0.5, 0.6) is 0 Å². The molecule has 0 aliphatic heterocycles. The van der Waals surface area contributed by atoms with Gasteiger partial charge in [0.2, 0.25) is 11.8 Å². The first-order chi connectivity index (χ1) is 8.95. The van der Waals surface area contributed by atoms with E-state index in [0.717, 1.165) is 17.7 Å². The molecule has 1 aromatic carbocycles. The van der Waals surface area contributed by atoms with Crippen molar-refractivity contribution in [3.8, 4) is 0 Å².